The smallest absolute Gasteiger partial charge is 0.277 e. The number of ether oxygens (including phenoxy) is 2. The molecule has 0 radical (unpaired) electrons. The van der Waals surface area contributed by atoms with Gasteiger partial charge in [0, 0.05) is 11.4 Å². The van der Waals surface area contributed by atoms with Crippen LogP contribution in [0, 0.1) is 13.8 Å². The molecule has 2 N–H and O–H groups in total. The van der Waals surface area contributed by atoms with E-state index in [1.54, 1.807) is 38.3 Å². The molecular weight excluding hydrogens is 358 g/mol. The molecule has 7 heteroatoms. The Morgan fingerprint density at radius 2 is 1.64 bits per heavy atom. The highest BCUT2D eigenvalue weighted by molar-refractivity contribution is 6.05. The highest BCUT2D eigenvalue weighted by Crippen LogP contribution is 2.17. The lowest BCUT2D eigenvalue weighted by molar-refractivity contribution is -0.123. The SMILES string of the molecule is COc1ccc(OCC(=O)N/N=C(/C)CC(=O)Nc2ccc(C)c(C)c2)cc1. The highest BCUT2D eigenvalue weighted by atomic mass is 16.5. The summed E-state index contributed by atoms with van der Waals surface area (Å²) in [5.41, 5.74) is 5.87. The molecule has 0 bridgehead atoms. The minimum Gasteiger partial charge on any atom is -0.497 e. The maximum Gasteiger partial charge on any atom is 0.277 e. The van der Waals surface area contributed by atoms with Gasteiger partial charge in [-0.2, -0.15) is 5.10 Å². The van der Waals surface area contributed by atoms with Crippen molar-refractivity contribution in [3.63, 3.8) is 0 Å². The van der Waals surface area contributed by atoms with Crippen LogP contribution in [0.5, 0.6) is 11.5 Å². The van der Waals surface area contributed by atoms with Gasteiger partial charge in [0.15, 0.2) is 6.61 Å². The fraction of sp³-hybridized carbons (Fsp3) is 0.286. The Labute approximate surface area is 164 Å². The van der Waals surface area contributed by atoms with Gasteiger partial charge in [-0.25, -0.2) is 5.43 Å². The topological polar surface area (TPSA) is 89.0 Å². The molecule has 0 aliphatic carbocycles. The lowest BCUT2D eigenvalue weighted by atomic mass is 10.1. The molecular formula is C21H25N3O4. The Hall–Kier alpha value is -3.35. The Morgan fingerprint density at radius 3 is 2.29 bits per heavy atom. The maximum absolute atomic E-state index is 12.1. The van der Waals surface area contributed by atoms with E-state index in [4.69, 9.17) is 9.47 Å². The summed E-state index contributed by atoms with van der Waals surface area (Å²) < 4.78 is 10.4. The average molecular weight is 383 g/mol. The van der Waals surface area contributed by atoms with Crippen molar-refractivity contribution in [2.75, 3.05) is 19.0 Å². The molecule has 0 heterocycles. The van der Waals surface area contributed by atoms with Gasteiger partial charge in [0.1, 0.15) is 11.5 Å². The van der Waals surface area contributed by atoms with Crippen LogP contribution in [0.25, 0.3) is 0 Å². The van der Waals surface area contributed by atoms with Crippen LogP contribution >= 0.6 is 0 Å². The number of anilines is 1. The number of hydrogen-bond donors (Lipinski definition) is 2. The molecule has 0 fully saturated rings. The molecule has 0 aliphatic heterocycles. The van der Waals surface area contributed by atoms with Crippen LogP contribution in [-0.4, -0.2) is 31.2 Å². The van der Waals surface area contributed by atoms with E-state index in [2.05, 4.69) is 15.8 Å². The predicted molar refractivity (Wildman–Crippen MR) is 109 cm³/mol. The summed E-state index contributed by atoms with van der Waals surface area (Å²) in [7, 11) is 1.58. The fourth-order valence-corrected chi connectivity index (χ4v) is 2.31. The first-order valence-electron chi connectivity index (χ1n) is 8.83. The van der Waals surface area contributed by atoms with E-state index in [0.717, 1.165) is 16.8 Å². The molecule has 0 atom stereocenters. The van der Waals surface area contributed by atoms with Crippen LogP contribution in [0.2, 0.25) is 0 Å². The molecule has 2 amide bonds. The van der Waals surface area contributed by atoms with Crippen molar-refractivity contribution < 1.29 is 19.1 Å². The zero-order chi connectivity index (χ0) is 20.5. The van der Waals surface area contributed by atoms with Crippen LogP contribution < -0.4 is 20.2 Å². The van der Waals surface area contributed by atoms with Gasteiger partial charge in [0.05, 0.1) is 13.5 Å². The number of nitrogens with one attached hydrogen (secondary N) is 2. The normalized spacial score (nSPS) is 10.9. The molecule has 2 rings (SSSR count). The minimum absolute atomic E-state index is 0.0759. The first kappa shape index (κ1) is 21.0. The Balaban J connectivity index is 1.76. The molecule has 0 aliphatic rings. The monoisotopic (exact) mass is 383 g/mol. The second kappa shape index (κ2) is 10.1. The molecule has 28 heavy (non-hydrogen) atoms. The summed E-state index contributed by atoms with van der Waals surface area (Å²) in [4.78, 5) is 23.9. The first-order chi connectivity index (χ1) is 13.4. The minimum atomic E-state index is -0.412. The summed E-state index contributed by atoms with van der Waals surface area (Å²) >= 11 is 0. The molecule has 0 saturated carbocycles. The number of methoxy groups -OCH3 is 1. The van der Waals surface area contributed by atoms with Crippen LogP contribution in [0.15, 0.2) is 47.6 Å². The van der Waals surface area contributed by atoms with Crippen molar-refractivity contribution in [1.82, 2.24) is 5.43 Å². The van der Waals surface area contributed by atoms with Gasteiger partial charge in [0.25, 0.3) is 5.91 Å². The molecule has 0 unspecified atom stereocenters. The number of hydrogen-bond acceptors (Lipinski definition) is 5. The van der Waals surface area contributed by atoms with Gasteiger partial charge in [-0.05, 0) is 68.3 Å². The van der Waals surface area contributed by atoms with Crippen molar-refractivity contribution in [3.05, 3.63) is 53.6 Å². The number of hydrazone groups is 1. The molecule has 0 aromatic heterocycles. The maximum atomic E-state index is 12.1. The second-order valence-electron chi connectivity index (χ2n) is 6.37. The molecule has 2 aromatic carbocycles. The van der Waals surface area contributed by atoms with Crippen molar-refractivity contribution in [1.29, 1.82) is 0 Å². The second-order valence-corrected chi connectivity index (χ2v) is 6.37. The predicted octanol–water partition coefficient (Wildman–Crippen LogP) is 3.21. The lowest BCUT2D eigenvalue weighted by Gasteiger charge is -2.08. The number of benzene rings is 2. The molecule has 0 saturated heterocycles. The number of nitrogens with zero attached hydrogens (tertiary/aromatic N) is 1. The number of amides is 2. The molecule has 7 nitrogen and oxygen atoms in total. The summed E-state index contributed by atoms with van der Waals surface area (Å²) in [6.45, 7) is 5.49. The summed E-state index contributed by atoms with van der Waals surface area (Å²) in [5.74, 6) is 0.637. The van der Waals surface area contributed by atoms with E-state index >= 15 is 0 Å². The van der Waals surface area contributed by atoms with Crippen molar-refractivity contribution >= 4 is 23.2 Å². The summed E-state index contributed by atoms with van der Waals surface area (Å²) in [5, 5.41) is 6.75. The van der Waals surface area contributed by atoms with Gasteiger partial charge in [-0.1, -0.05) is 6.07 Å². The first-order valence-corrected chi connectivity index (χ1v) is 8.83. The third-order valence-corrected chi connectivity index (χ3v) is 4.01. The number of carbonyl (C=O) groups excluding carboxylic acids is 2. The average Bonchev–Trinajstić information content (AvgIpc) is 2.68. The Bertz CT molecular complexity index is 860. The molecule has 0 spiro atoms. The summed E-state index contributed by atoms with van der Waals surface area (Å²) in [6, 6.07) is 12.6. The summed E-state index contributed by atoms with van der Waals surface area (Å²) in [6.07, 6.45) is 0.0759. The van der Waals surface area contributed by atoms with Crippen LogP contribution in [0.1, 0.15) is 24.5 Å². The van der Waals surface area contributed by atoms with Gasteiger partial charge in [-0.15, -0.1) is 0 Å². The van der Waals surface area contributed by atoms with Crippen molar-refractivity contribution in [3.8, 4) is 11.5 Å². The zero-order valence-corrected chi connectivity index (χ0v) is 16.5. The lowest BCUT2D eigenvalue weighted by Crippen LogP contribution is -2.26. The number of rotatable bonds is 8. The van der Waals surface area contributed by atoms with E-state index < -0.39 is 5.91 Å². The molecule has 2 aromatic rings. The standard InChI is InChI=1S/C21H25N3O4/c1-14-5-6-17(11-15(14)2)22-20(25)12-16(3)23-24-21(26)13-28-19-9-7-18(27-4)8-10-19/h5-11H,12-13H2,1-4H3,(H,22,25)(H,24,26)/b23-16-. The van der Waals surface area contributed by atoms with Crippen molar-refractivity contribution in [2.45, 2.75) is 27.2 Å². The fourth-order valence-electron chi connectivity index (χ4n) is 2.31. The van der Waals surface area contributed by atoms with Crippen LogP contribution in [0.4, 0.5) is 5.69 Å². The van der Waals surface area contributed by atoms with E-state index in [1.165, 1.54) is 0 Å². The Morgan fingerprint density at radius 1 is 0.964 bits per heavy atom. The van der Waals surface area contributed by atoms with E-state index in [-0.39, 0.29) is 18.9 Å². The highest BCUT2D eigenvalue weighted by Gasteiger charge is 2.07. The van der Waals surface area contributed by atoms with Crippen LogP contribution in [0.3, 0.4) is 0 Å². The van der Waals surface area contributed by atoms with Crippen LogP contribution in [-0.2, 0) is 9.59 Å². The van der Waals surface area contributed by atoms with Gasteiger partial charge >= 0.3 is 0 Å². The van der Waals surface area contributed by atoms with E-state index in [9.17, 15) is 9.59 Å². The number of carbonyl (C=O) groups is 2. The van der Waals surface area contributed by atoms with E-state index in [0.29, 0.717) is 17.2 Å². The van der Waals surface area contributed by atoms with Gasteiger partial charge in [-0.3, -0.25) is 9.59 Å². The zero-order valence-electron chi connectivity index (χ0n) is 16.5. The largest absolute Gasteiger partial charge is 0.497 e. The Kier molecular flexibility index (Phi) is 7.56. The molecule has 148 valence electrons. The number of aryl methyl sites for hydroxylation is 2. The van der Waals surface area contributed by atoms with Crippen molar-refractivity contribution in [2.24, 2.45) is 5.10 Å². The third kappa shape index (κ3) is 6.75. The third-order valence-electron chi connectivity index (χ3n) is 4.01. The van der Waals surface area contributed by atoms with Gasteiger partial charge < -0.3 is 14.8 Å². The van der Waals surface area contributed by atoms with Gasteiger partial charge in [0.2, 0.25) is 5.91 Å². The quantitative estimate of drug-likeness (QED) is 0.541. The van der Waals surface area contributed by atoms with E-state index in [1.807, 2.05) is 32.0 Å².